The van der Waals surface area contributed by atoms with Gasteiger partial charge < -0.3 is 4.90 Å². The third kappa shape index (κ3) is 7.13. The van der Waals surface area contributed by atoms with Gasteiger partial charge in [0.2, 0.25) is 0 Å². The molecule has 0 amide bonds. The van der Waals surface area contributed by atoms with Crippen molar-refractivity contribution in [3.63, 3.8) is 0 Å². The zero-order valence-corrected chi connectivity index (χ0v) is 18.9. The van der Waals surface area contributed by atoms with Crippen LogP contribution in [0.5, 0.6) is 0 Å². The lowest BCUT2D eigenvalue weighted by Gasteiger charge is -2.47. The lowest BCUT2D eigenvalue weighted by atomic mass is 9.66. The second-order valence-corrected chi connectivity index (χ2v) is 10.0. The first kappa shape index (κ1) is 23.9. The van der Waals surface area contributed by atoms with E-state index in [2.05, 4.69) is 46.4 Å². The van der Waals surface area contributed by atoms with Gasteiger partial charge in [-0.15, -0.1) is 0 Å². The van der Waals surface area contributed by atoms with E-state index in [0.29, 0.717) is 5.41 Å². The Kier molecular flexibility index (Phi) is 10.1. The molecular weight excluding hydrogens is 321 g/mol. The van der Waals surface area contributed by atoms with Crippen LogP contribution in [0.3, 0.4) is 0 Å². The highest BCUT2D eigenvalue weighted by molar-refractivity contribution is 4.99. The second kappa shape index (κ2) is 11.0. The van der Waals surface area contributed by atoms with Gasteiger partial charge in [0, 0.05) is 18.5 Å². The van der Waals surface area contributed by atoms with E-state index in [1.807, 2.05) is 0 Å². The van der Waals surface area contributed by atoms with Gasteiger partial charge >= 0.3 is 0 Å². The number of hydrogen-bond acceptors (Lipinski definition) is 1. The second-order valence-electron chi connectivity index (χ2n) is 10.0. The molecule has 0 saturated carbocycles. The lowest BCUT2D eigenvalue weighted by molar-refractivity contribution is -0.0559. The molecule has 1 heterocycles. The van der Waals surface area contributed by atoms with Crippen LogP contribution in [0.4, 0.5) is 4.39 Å². The Bertz CT molecular complexity index is 370. The van der Waals surface area contributed by atoms with Crippen molar-refractivity contribution in [2.45, 2.75) is 124 Å². The molecule has 1 rings (SSSR count). The predicted octanol–water partition coefficient (Wildman–Crippen LogP) is 7.78. The summed E-state index contributed by atoms with van der Waals surface area (Å²) in [6.07, 6.45) is 14.0. The molecular formula is C24H48FN. The number of alkyl halides is 1. The van der Waals surface area contributed by atoms with Crippen LogP contribution in [0.1, 0.15) is 119 Å². The Hall–Kier alpha value is -0.110. The van der Waals surface area contributed by atoms with Crippen LogP contribution in [-0.2, 0) is 0 Å². The number of hydrogen-bond donors (Lipinski definition) is 0. The van der Waals surface area contributed by atoms with Gasteiger partial charge in [-0.25, -0.2) is 4.39 Å². The van der Waals surface area contributed by atoms with Crippen LogP contribution in [0.25, 0.3) is 0 Å². The van der Waals surface area contributed by atoms with Crippen LogP contribution in [0.15, 0.2) is 0 Å². The summed E-state index contributed by atoms with van der Waals surface area (Å²) in [6, 6.07) is 0. The van der Waals surface area contributed by atoms with Gasteiger partial charge in [0.05, 0.1) is 0 Å². The fraction of sp³-hybridized carbons (Fsp3) is 1.00. The maximum Gasteiger partial charge on any atom is 0.118 e. The number of halogens is 1. The number of nitrogens with zero attached hydrogens (tertiary/aromatic N) is 1. The summed E-state index contributed by atoms with van der Waals surface area (Å²) in [5, 5.41) is 0. The van der Waals surface area contributed by atoms with Gasteiger partial charge in [0.25, 0.3) is 0 Å². The van der Waals surface area contributed by atoms with Gasteiger partial charge in [-0.3, -0.25) is 0 Å². The number of piperidine rings is 1. The fourth-order valence-electron chi connectivity index (χ4n) is 4.65. The average molecular weight is 370 g/mol. The van der Waals surface area contributed by atoms with Crippen LogP contribution >= 0.6 is 0 Å². The topological polar surface area (TPSA) is 3.24 Å². The molecule has 1 saturated heterocycles. The van der Waals surface area contributed by atoms with Crippen LogP contribution in [0, 0.1) is 10.8 Å². The van der Waals surface area contributed by atoms with Gasteiger partial charge in [-0.05, 0) is 50.5 Å². The molecule has 1 unspecified atom stereocenters. The van der Waals surface area contributed by atoms with Crippen molar-refractivity contribution in [1.29, 1.82) is 0 Å². The molecule has 0 aromatic carbocycles. The molecule has 0 bridgehead atoms. The van der Waals surface area contributed by atoms with Crippen molar-refractivity contribution in [2.24, 2.45) is 10.8 Å². The monoisotopic (exact) mass is 369 g/mol. The van der Waals surface area contributed by atoms with E-state index in [1.54, 1.807) is 0 Å². The SMILES string of the molecule is CCCC(C)(CC)C1(F)CCN(CCCCCCCC(C)(C)CC)CC1. The molecule has 1 aliphatic rings. The highest BCUT2D eigenvalue weighted by Crippen LogP contribution is 2.48. The van der Waals surface area contributed by atoms with Crippen molar-refractivity contribution in [2.75, 3.05) is 19.6 Å². The Morgan fingerprint density at radius 3 is 1.92 bits per heavy atom. The Morgan fingerprint density at radius 2 is 1.38 bits per heavy atom. The Labute approximate surface area is 164 Å². The van der Waals surface area contributed by atoms with Gasteiger partial charge in [0.15, 0.2) is 0 Å². The Balaban J connectivity index is 2.19. The van der Waals surface area contributed by atoms with Crippen LogP contribution in [0.2, 0.25) is 0 Å². The molecule has 0 N–H and O–H groups in total. The van der Waals surface area contributed by atoms with Gasteiger partial charge in [-0.2, -0.15) is 0 Å². The smallest absolute Gasteiger partial charge is 0.118 e. The average Bonchev–Trinajstić information content (AvgIpc) is 2.62. The van der Waals surface area contributed by atoms with Crippen molar-refractivity contribution in [1.82, 2.24) is 4.90 Å². The van der Waals surface area contributed by atoms with E-state index in [-0.39, 0.29) is 5.41 Å². The quantitative estimate of drug-likeness (QED) is 0.299. The minimum absolute atomic E-state index is 0.125. The van der Waals surface area contributed by atoms with Crippen molar-refractivity contribution < 1.29 is 4.39 Å². The predicted molar refractivity (Wildman–Crippen MR) is 115 cm³/mol. The molecule has 156 valence electrons. The Morgan fingerprint density at radius 1 is 0.808 bits per heavy atom. The third-order valence-electron chi connectivity index (χ3n) is 7.60. The lowest BCUT2D eigenvalue weighted by Crippen LogP contribution is -2.51. The van der Waals surface area contributed by atoms with Crippen molar-refractivity contribution in [3.8, 4) is 0 Å². The summed E-state index contributed by atoms with van der Waals surface area (Å²) in [5.74, 6) is 0. The molecule has 1 aliphatic heterocycles. The molecule has 0 aromatic heterocycles. The highest BCUT2D eigenvalue weighted by Gasteiger charge is 2.48. The molecule has 2 heteroatoms. The molecule has 1 nitrogen and oxygen atoms in total. The van der Waals surface area contributed by atoms with E-state index < -0.39 is 5.67 Å². The molecule has 0 spiro atoms. The highest BCUT2D eigenvalue weighted by atomic mass is 19.1. The van der Waals surface area contributed by atoms with Gasteiger partial charge in [0.1, 0.15) is 5.67 Å². The zero-order chi connectivity index (χ0) is 19.7. The van der Waals surface area contributed by atoms with E-state index in [0.717, 1.165) is 45.2 Å². The molecule has 0 aromatic rings. The van der Waals surface area contributed by atoms with E-state index in [4.69, 9.17) is 0 Å². The van der Waals surface area contributed by atoms with Crippen LogP contribution in [-0.4, -0.2) is 30.2 Å². The molecule has 26 heavy (non-hydrogen) atoms. The molecule has 1 fully saturated rings. The largest absolute Gasteiger partial charge is 0.303 e. The fourth-order valence-corrected chi connectivity index (χ4v) is 4.65. The van der Waals surface area contributed by atoms with Crippen LogP contribution < -0.4 is 0 Å². The minimum atomic E-state index is -0.944. The van der Waals surface area contributed by atoms with Crippen molar-refractivity contribution in [3.05, 3.63) is 0 Å². The van der Waals surface area contributed by atoms with Gasteiger partial charge in [-0.1, -0.05) is 80.1 Å². The molecule has 0 radical (unpaired) electrons. The maximum atomic E-state index is 15.6. The summed E-state index contributed by atoms with van der Waals surface area (Å²) in [7, 11) is 0. The van der Waals surface area contributed by atoms with E-state index in [9.17, 15) is 0 Å². The molecule has 1 atom stereocenters. The van der Waals surface area contributed by atoms with E-state index >= 15 is 4.39 Å². The molecule has 0 aliphatic carbocycles. The summed E-state index contributed by atoms with van der Waals surface area (Å²) in [5.41, 5.74) is -0.544. The van der Waals surface area contributed by atoms with Crippen molar-refractivity contribution >= 4 is 0 Å². The first-order valence-corrected chi connectivity index (χ1v) is 11.6. The van der Waals surface area contributed by atoms with E-state index in [1.165, 1.54) is 51.5 Å². The summed E-state index contributed by atoms with van der Waals surface area (Å²) in [6.45, 7) is 16.7. The first-order chi connectivity index (χ1) is 12.2. The summed E-state index contributed by atoms with van der Waals surface area (Å²) in [4.78, 5) is 2.51. The summed E-state index contributed by atoms with van der Waals surface area (Å²) >= 11 is 0. The maximum absolute atomic E-state index is 15.6. The number of likely N-dealkylation sites (tertiary alicyclic amines) is 1. The third-order valence-corrected chi connectivity index (χ3v) is 7.60. The zero-order valence-electron chi connectivity index (χ0n) is 18.9. The minimum Gasteiger partial charge on any atom is -0.303 e. The number of rotatable bonds is 13. The standard InChI is InChI=1S/C24H48FN/c1-7-15-23(6,9-3)24(25)17-20-26(21-18-24)19-14-12-10-11-13-16-22(4,5)8-2/h7-21H2,1-6H3. The number of unbranched alkanes of at least 4 members (excludes halogenated alkanes) is 4. The first-order valence-electron chi connectivity index (χ1n) is 11.6. The normalized spacial score (nSPS) is 20.9. The summed E-state index contributed by atoms with van der Waals surface area (Å²) < 4.78 is 15.6.